The Kier molecular flexibility index (Phi) is 3.48. The predicted octanol–water partition coefficient (Wildman–Crippen LogP) is 1.08. The molecule has 1 aromatic rings. The Morgan fingerprint density at radius 3 is 2.70 bits per heavy atom. The van der Waals surface area contributed by atoms with E-state index < -0.39 is 5.41 Å². The minimum absolute atomic E-state index is 0.0338. The number of hydrogen-bond acceptors (Lipinski definition) is 3. The standard InChI is InChI=1S/C15H18FNO3/c16-12-3-1-11(2-4-12)15(5-6-15)14(19)17-7-8-20-10-13(17)9-18/h1-4,13,18H,5-10H2. The second-order valence-corrected chi connectivity index (χ2v) is 5.50. The maximum absolute atomic E-state index is 13.0. The van der Waals surface area contributed by atoms with Gasteiger partial charge in [-0.1, -0.05) is 12.1 Å². The molecule has 0 aromatic heterocycles. The third kappa shape index (κ3) is 2.21. The first-order chi connectivity index (χ1) is 9.67. The molecule has 20 heavy (non-hydrogen) atoms. The molecule has 2 aliphatic rings. The second-order valence-electron chi connectivity index (χ2n) is 5.50. The first kappa shape index (κ1) is 13.5. The molecule has 1 saturated heterocycles. The number of carbonyl (C=O) groups excluding carboxylic acids is 1. The van der Waals surface area contributed by atoms with Crippen LogP contribution in [0.3, 0.4) is 0 Å². The Balaban J connectivity index is 1.83. The van der Waals surface area contributed by atoms with Gasteiger partial charge in [-0.25, -0.2) is 4.39 Å². The van der Waals surface area contributed by atoms with Gasteiger partial charge in [0.05, 0.1) is 31.3 Å². The smallest absolute Gasteiger partial charge is 0.233 e. The molecule has 0 spiro atoms. The van der Waals surface area contributed by atoms with Crippen LogP contribution in [0.15, 0.2) is 24.3 Å². The monoisotopic (exact) mass is 279 g/mol. The number of hydrogen-bond donors (Lipinski definition) is 1. The molecule has 108 valence electrons. The SMILES string of the molecule is O=C(N1CCOCC1CO)C1(c2ccc(F)cc2)CC1. The van der Waals surface area contributed by atoms with Crippen molar-refractivity contribution < 1.29 is 19.0 Å². The Bertz CT molecular complexity index is 498. The van der Waals surface area contributed by atoms with Gasteiger partial charge >= 0.3 is 0 Å². The summed E-state index contributed by atoms with van der Waals surface area (Å²) in [6.07, 6.45) is 1.57. The normalized spacial score (nSPS) is 24.5. The second kappa shape index (κ2) is 5.14. The van der Waals surface area contributed by atoms with Gasteiger partial charge in [-0.2, -0.15) is 0 Å². The lowest BCUT2D eigenvalue weighted by Gasteiger charge is -2.37. The molecule has 2 fully saturated rings. The molecular weight excluding hydrogens is 261 g/mol. The van der Waals surface area contributed by atoms with Crippen LogP contribution in [-0.2, 0) is 14.9 Å². The van der Waals surface area contributed by atoms with Crippen molar-refractivity contribution in [1.82, 2.24) is 4.90 Å². The van der Waals surface area contributed by atoms with Gasteiger partial charge in [-0.15, -0.1) is 0 Å². The average molecular weight is 279 g/mol. The number of benzene rings is 1. The lowest BCUT2D eigenvalue weighted by molar-refractivity contribution is -0.144. The molecule has 5 heteroatoms. The number of halogens is 1. The van der Waals surface area contributed by atoms with Crippen molar-refractivity contribution in [3.63, 3.8) is 0 Å². The first-order valence-corrected chi connectivity index (χ1v) is 6.93. The third-order valence-corrected chi connectivity index (χ3v) is 4.26. The predicted molar refractivity (Wildman–Crippen MR) is 70.7 cm³/mol. The largest absolute Gasteiger partial charge is 0.394 e. The lowest BCUT2D eigenvalue weighted by Crippen LogP contribution is -2.53. The van der Waals surface area contributed by atoms with Crippen LogP contribution in [0.5, 0.6) is 0 Å². The molecule has 4 nitrogen and oxygen atoms in total. The Morgan fingerprint density at radius 1 is 1.40 bits per heavy atom. The first-order valence-electron chi connectivity index (χ1n) is 6.93. The minimum Gasteiger partial charge on any atom is -0.394 e. The quantitative estimate of drug-likeness (QED) is 0.900. The van der Waals surface area contributed by atoms with Gasteiger partial charge in [0.1, 0.15) is 5.82 Å². The van der Waals surface area contributed by atoms with Gasteiger partial charge in [0, 0.05) is 6.54 Å². The summed E-state index contributed by atoms with van der Waals surface area (Å²) >= 11 is 0. The minimum atomic E-state index is -0.515. The molecule has 1 saturated carbocycles. The molecule has 1 atom stereocenters. The number of amides is 1. The molecule has 0 radical (unpaired) electrons. The van der Waals surface area contributed by atoms with Crippen molar-refractivity contribution >= 4 is 5.91 Å². The summed E-state index contributed by atoms with van der Waals surface area (Å²) in [7, 11) is 0. The van der Waals surface area contributed by atoms with Crippen LogP contribution in [-0.4, -0.2) is 48.3 Å². The van der Waals surface area contributed by atoms with Gasteiger partial charge in [-0.05, 0) is 30.5 Å². The van der Waals surface area contributed by atoms with Crippen LogP contribution in [0.1, 0.15) is 18.4 Å². The van der Waals surface area contributed by atoms with Crippen LogP contribution >= 0.6 is 0 Å². The van der Waals surface area contributed by atoms with Crippen molar-refractivity contribution in [3.05, 3.63) is 35.6 Å². The maximum Gasteiger partial charge on any atom is 0.233 e. The molecule has 0 bridgehead atoms. The van der Waals surface area contributed by atoms with Gasteiger partial charge in [0.15, 0.2) is 0 Å². The molecule has 3 rings (SSSR count). The number of aliphatic hydroxyl groups excluding tert-OH is 1. The van der Waals surface area contributed by atoms with Crippen molar-refractivity contribution in [2.45, 2.75) is 24.3 Å². The zero-order valence-corrected chi connectivity index (χ0v) is 11.2. The number of morpholine rings is 1. The summed E-state index contributed by atoms with van der Waals surface area (Å²) in [5.41, 5.74) is 0.352. The maximum atomic E-state index is 13.0. The Morgan fingerprint density at radius 2 is 2.10 bits per heavy atom. The van der Waals surface area contributed by atoms with Crippen LogP contribution in [0.4, 0.5) is 4.39 Å². The molecular formula is C15H18FNO3. The van der Waals surface area contributed by atoms with Crippen molar-refractivity contribution in [2.75, 3.05) is 26.4 Å². The van der Waals surface area contributed by atoms with Crippen LogP contribution in [0.25, 0.3) is 0 Å². The average Bonchev–Trinajstić information content (AvgIpc) is 3.29. The Hall–Kier alpha value is -1.46. The number of carbonyl (C=O) groups is 1. The third-order valence-electron chi connectivity index (χ3n) is 4.26. The van der Waals surface area contributed by atoms with Crippen LogP contribution < -0.4 is 0 Å². The molecule has 1 aliphatic heterocycles. The van der Waals surface area contributed by atoms with Crippen molar-refractivity contribution in [2.24, 2.45) is 0 Å². The summed E-state index contributed by atoms with van der Waals surface area (Å²) in [5, 5.41) is 9.38. The van der Waals surface area contributed by atoms with Gasteiger partial charge in [-0.3, -0.25) is 4.79 Å². The highest BCUT2D eigenvalue weighted by molar-refractivity contribution is 5.91. The fourth-order valence-electron chi connectivity index (χ4n) is 2.87. The number of aliphatic hydroxyl groups is 1. The summed E-state index contributed by atoms with van der Waals surface area (Å²) in [6, 6.07) is 5.90. The van der Waals surface area contributed by atoms with Crippen molar-refractivity contribution in [3.8, 4) is 0 Å². The fraction of sp³-hybridized carbons (Fsp3) is 0.533. The Labute approximate surface area is 117 Å². The zero-order valence-electron chi connectivity index (χ0n) is 11.2. The number of nitrogens with zero attached hydrogens (tertiary/aromatic N) is 1. The van der Waals surface area contributed by atoms with Gasteiger partial charge in [0.25, 0.3) is 0 Å². The highest BCUT2D eigenvalue weighted by Crippen LogP contribution is 2.50. The fourth-order valence-corrected chi connectivity index (χ4v) is 2.87. The van der Waals surface area contributed by atoms with E-state index in [4.69, 9.17) is 4.74 Å². The van der Waals surface area contributed by atoms with Gasteiger partial charge in [0.2, 0.25) is 5.91 Å². The zero-order chi connectivity index (χ0) is 14.2. The van der Waals surface area contributed by atoms with E-state index in [9.17, 15) is 14.3 Å². The highest BCUT2D eigenvalue weighted by Gasteiger charge is 2.54. The van der Waals surface area contributed by atoms with E-state index in [1.165, 1.54) is 12.1 Å². The van der Waals surface area contributed by atoms with E-state index >= 15 is 0 Å². The molecule has 1 heterocycles. The summed E-state index contributed by atoms with van der Waals surface area (Å²) in [5.74, 6) is -0.261. The highest BCUT2D eigenvalue weighted by atomic mass is 19.1. The molecule has 1 aromatic carbocycles. The molecule has 1 unspecified atom stereocenters. The molecule has 1 amide bonds. The van der Waals surface area contributed by atoms with E-state index in [2.05, 4.69) is 0 Å². The van der Waals surface area contributed by atoms with Crippen molar-refractivity contribution in [1.29, 1.82) is 0 Å². The van der Waals surface area contributed by atoms with Crippen LogP contribution in [0, 0.1) is 5.82 Å². The van der Waals surface area contributed by atoms with E-state index in [1.54, 1.807) is 17.0 Å². The van der Waals surface area contributed by atoms with E-state index in [0.717, 1.165) is 18.4 Å². The number of rotatable bonds is 3. The topological polar surface area (TPSA) is 49.8 Å². The summed E-state index contributed by atoms with van der Waals surface area (Å²) < 4.78 is 18.3. The van der Waals surface area contributed by atoms with Crippen LogP contribution in [0.2, 0.25) is 0 Å². The lowest BCUT2D eigenvalue weighted by atomic mass is 9.93. The van der Waals surface area contributed by atoms with E-state index in [0.29, 0.717) is 19.8 Å². The van der Waals surface area contributed by atoms with E-state index in [-0.39, 0.29) is 24.4 Å². The summed E-state index contributed by atoms with van der Waals surface area (Å²) in [6.45, 7) is 1.29. The van der Waals surface area contributed by atoms with E-state index in [1.807, 2.05) is 0 Å². The molecule has 1 aliphatic carbocycles. The molecule has 1 N–H and O–H groups in total. The van der Waals surface area contributed by atoms with Gasteiger partial charge < -0.3 is 14.7 Å². The summed E-state index contributed by atoms with van der Waals surface area (Å²) in [4.78, 5) is 14.5. The number of ether oxygens (including phenoxy) is 1.